The fraction of sp³-hybridized carbons (Fsp3) is 0.529. The maximum atomic E-state index is 12.8. The predicted molar refractivity (Wildman–Crippen MR) is 84.1 cm³/mol. The van der Waals surface area contributed by atoms with E-state index < -0.39 is 0 Å². The molecule has 0 amide bonds. The van der Waals surface area contributed by atoms with E-state index in [0.717, 1.165) is 45.0 Å². The van der Waals surface area contributed by atoms with Crippen LogP contribution in [0.2, 0.25) is 0 Å². The molecule has 1 aromatic carbocycles. The predicted octanol–water partition coefficient (Wildman–Crippen LogP) is 1.22. The molecule has 0 bridgehead atoms. The van der Waals surface area contributed by atoms with Crippen molar-refractivity contribution in [3.8, 4) is 0 Å². The third kappa shape index (κ3) is 3.93. The number of rotatable bonds is 4. The number of aliphatic hydroxyl groups excluding tert-OH is 1. The van der Waals surface area contributed by atoms with Crippen LogP contribution >= 0.6 is 0 Å². The molecule has 0 spiro atoms. The van der Waals surface area contributed by atoms with E-state index in [1.165, 1.54) is 12.1 Å². The van der Waals surface area contributed by atoms with Crippen LogP contribution in [0.4, 0.5) is 4.39 Å². The van der Waals surface area contributed by atoms with Crippen molar-refractivity contribution in [3.63, 3.8) is 0 Å². The molecule has 2 atom stereocenters. The second kappa shape index (κ2) is 7.33. The molecule has 2 aliphatic rings. The van der Waals surface area contributed by atoms with E-state index >= 15 is 0 Å². The topological polar surface area (TPSA) is 35.9 Å². The van der Waals surface area contributed by atoms with Crippen molar-refractivity contribution >= 4 is 6.08 Å². The zero-order chi connectivity index (χ0) is 15.4. The number of ether oxygens (including phenoxy) is 1. The first-order chi connectivity index (χ1) is 10.7. The van der Waals surface area contributed by atoms with E-state index in [1.54, 1.807) is 12.1 Å². The third-order valence-corrected chi connectivity index (χ3v) is 4.39. The van der Waals surface area contributed by atoms with Crippen molar-refractivity contribution < 1.29 is 14.2 Å². The van der Waals surface area contributed by atoms with Gasteiger partial charge in [-0.1, -0.05) is 24.3 Å². The summed E-state index contributed by atoms with van der Waals surface area (Å²) in [6.07, 6.45) is 3.77. The minimum absolute atomic E-state index is 0.211. The van der Waals surface area contributed by atoms with Crippen molar-refractivity contribution in [1.82, 2.24) is 9.80 Å². The molecule has 2 heterocycles. The summed E-state index contributed by atoms with van der Waals surface area (Å²) in [6.45, 7) is 5.71. The van der Waals surface area contributed by atoms with E-state index in [9.17, 15) is 9.50 Å². The monoisotopic (exact) mass is 306 g/mol. The summed E-state index contributed by atoms with van der Waals surface area (Å²) in [5, 5.41) is 10.3. The smallest absolute Gasteiger partial charge is 0.123 e. The van der Waals surface area contributed by atoms with Crippen LogP contribution in [0, 0.1) is 5.82 Å². The van der Waals surface area contributed by atoms with Crippen LogP contribution in [0.15, 0.2) is 30.3 Å². The molecule has 2 fully saturated rings. The Hall–Kier alpha value is -1.27. The van der Waals surface area contributed by atoms with Crippen LogP contribution < -0.4 is 0 Å². The summed E-state index contributed by atoms with van der Waals surface area (Å²) in [4.78, 5) is 4.59. The quantitative estimate of drug-likeness (QED) is 0.907. The van der Waals surface area contributed by atoms with Crippen molar-refractivity contribution in [3.05, 3.63) is 41.7 Å². The second-order valence-electron chi connectivity index (χ2n) is 5.96. The number of hydrogen-bond acceptors (Lipinski definition) is 4. The van der Waals surface area contributed by atoms with Gasteiger partial charge in [-0.05, 0) is 17.7 Å². The number of benzene rings is 1. The van der Waals surface area contributed by atoms with Gasteiger partial charge in [0.05, 0.1) is 19.3 Å². The van der Waals surface area contributed by atoms with Gasteiger partial charge in [0, 0.05) is 38.8 Å². The van der Waals surface area contributed by atoms with Gasteiger partial charge in [0.15, 0.2) is 0 Å². The molecular weight excluding hydrogens is 283 g/mol. The number of nitrogens with zero attached hydrogens (tertiary/aromatic N) is 2. The Morgan fingerprint density at radius 1 is 1.18 bits per heavy atom. The normalized spacial score (nSPS) is 27.7. The highest BCUT2D eigenvalue weighted by Gasteiger charge is 2.35. The Morgan fingerprint density at radius 2 is 1.91 bits per heavy atom. The summed E-state index contributed by atoms with van der Waals surface area (Å²) in [5.74, 6) is -0.215. The minimum Gasteiger partial charge on any atom is -0.390 e. The van der Waals surface area contributed by atoms with Gasteiger partial charge in [-0.25, -0.2) is 4.39 Å². The number of morpholine rings is 1. The fourth-order valence-electron chi connectivity index (χ4n) is 3.18. The molecule has 0 radical (unpaired) electrons. The van der Waals surface area contributed by atoms with Crippen LogP contribution in [-0.4, -0.2) is 73.0 Å². The maximum Gasteiger partial charge on any atom is 0.123 e. The van der Waals surface area contributed by atoms with E-state index in [0.29, 0.717) is 6.54 Å². The molecule has 4 nitrogen and oxygen atoms in total. The highest BCUT2D eigenvalue weighted by atomic mass is 19.1. The lowest BCUT2D eigenvalue weighted by atomic mass is 10.1. The van der Waals surface area contributed by atoms with Crippen molar-refractivity contribution in [2.75, 3.05) is 45.9 Å². The Labute approximate surface area is 130 Å². The van der Waals surface area contributed by atoms with Gasteiger partial charge in [-0.15, -0.1) is 0 Å². The van der Waals surface area contributed by atoms with Gasteiger partial charge in [-0.2, -0.15) is 0 Å². The lowest BCUT2D eigenvalue weighted by molar-refractivity contribution is -0.00614. The SMILES string of the molecule is O[C@H]1CN(C/C=C/c2ccc(F)cc2)C[C@@H]1N1CCOCC1. The lowest BCUT2D eigenvalue weighted by Gasteiger charge is -2.33. The van der Waals surface area contributed by atoms with Crippen LogP contribution in [-0.2, 0) is 4.74 Å². The van der Waals surface area contributed by atoms with Gasteiger partial charge >= 0.3 is 0 Å². The summed E-state index contributed by atoms with van der Waals surface area (Å²) in [5.41, 5.74) is 0.992. The molecular formula is C17H23FN2O2. The van der Waals surface area contributed by atoms with Crippen molar-refractivity contribution in [2.45, 2.75) is 12.1 Å². The summed E-state index contributed by atoms with van der Waals surface area (Å²) in [6, 6.07) is 6.67. The first kappa shape index (κ1) is 15.6. The molecule has 3 rings (SSSR count). The largest absolute Gasteiger partial charge is 0.390 e. The van der Waals surface area contributed by atoms with Gasteiger partial charge < -0.3 is 9.84 Å². The molecule has 120 valence electrons. The number of hydrogen-bond donors (Lipinski definition) is 1. The summed E-state index contributed by atoms with van der Waals surface area (Å²) in [7, 11) is 0. The van der Waals surface area contributed by atoms with E-state index in [1.807, 2.05) is 6.08 Å². The minimum atomic E-state index is -0.294. The fourth-order valence-corrected chi connectivity index (χ4v) is 3.18. The molecule has 22 heavy (non-hydrogen) atoms. The molecule has 0 saturated carbocycles. The van der Waals surface area contributed by atoms with E-state index in [2.05, 4.69) is 15.9 Å². The Kier molecular flexibility index (Phi) is 5.20. The average Bonchev–Trinajstić information content (AvgIpc) is 2.91. The second-order valence-corrected chi connectivity index (χ2v) is 5.96. The van der Waals surface area contributed by atoms with Gasteiger partial charge in [0.2, 0.25) is 0 Å². The Morgan fingerprint density at radius 3 is 2.64 bits per heavy atom. The van der Waals surface area contributed by atoms with Crippen LogP contribution in [0.5, 0.6) is 0 Å². The highest BCUT2D eigenvalue weighted by Crippen LogP contribution is 2.17. The molecule has 1 aromatic rings. The third-order valence-electron chi connectivity index (χ3n) is 4.39. The number of aliphatic hydroxyl groups is 1. The number of β-amino-alcohol motifs (C(OH)–C–C–N with tert-alkyl or cyclic N) is 1. The first-order valence-corrected chi connectivity index (χ1v) is 7.87. The molecule has 5 heteroatoms. The van der Waals surface area contributed by atoms with E-state index in [4.69, 9.17) is 4.74 Å². The zero-order valence-corrected chi connectivity index (χ0v) is 12.7. The molecule has 1 N–H and O–H groups in total. The number of likely N-dealkylation sites (tertiary alicyclic amines) is 1. The molecule has 2 saturated heterocycles. The highest BCUT2D eigenvalue weighted by molar-refractivity contribution is 5.48. The molecule has 0 aliphatic carbocycles. The molecule has 0 unspecified atom stereocenters. The summed E-state index contributed by atoms with van der Waals surface area (Å²) >= 11 is 0. The van der Waals surface area contributed by atoms with Crippen molar-refractivity contribution in [1.29, 1.82) is 0 Å². The first-order valence-electron chi connectivity index (χ1n) is 7.87. The van der Waals surface area contributed by atoms with Gasteiger partial charge in [0.25, 0.3) is 0 Å². The zero-order valence-electron chi connectivity index (χ0n) is 12.7. The standard InChI is InChI=1S/C17H23FN2O2/c18-15-5-3-14(4-6-15)2-1-7-19-12-16(17(21)13-19)20-8-10-22-11-9-20/h1-6,16-17,21H,7-13H2/b2-1+/t16-,17-/m0/s1. The number of halogens is 1. The Bertz CT molecular complexity index is 500. The molecule has 0 aromatic heterocycles. The Balaban J connectivity index is 1.50. The van der Waals surface area contributed by atoms with E-state index in [-0.39, 0.29) is 18.0 Å². The lowest BCUT2D eigenvalue weighted by Crippen LogP contribution is -2.48. The van der Waals surface area contributed by atoms with Crippen LogP contribution in [0.3, 0.4) is 0 Å². The van der Waals surface area contributed by atoms with Crippen molar-refractivity contribution in [2.24, 2.45) is 0 Å². The summed E-state index contributed by atoms with van der Waals surface area (Å²) < 4.78 is 18.2. The van der Waals surface area contributed by atoms with Crippen LogP contribution in [0.25, 0.3) is 6.08 Å². The van der Waals surface area contributed by atoms with Gasteiger partial charge in [0.1, 0.15) is 5.82 Å². The van der Waals surface area contributed by atoms with Crippen LogP contribution in [0.1, 0.15) is 5.56 Å². The average molecular weight is 306 g/mol. The van der Waals surface area contributed by atoms with Gasteiger partial charge in [-0.3, -0.25) is 9.80 Å². The molecule has 2 aliphatic heterocycles. The maximum absolute atomic E-state index is 12.8.